The highest BCUT2D eigenvalue weighted by Gasteiger charge is 2.27. The number of amides is 1. The molecule has 1 aromatic heterocycles. The van der Waals surface area contributed by atoms with Crippen LogP contribution in [0.3, 0.4) is 0 Å². The highest BCUT2D eigenvalue weighted by Crippen LogP contribution is 2.44. The van der Waals surface area contributed by atoms with Crippen LogP contribution in [0.1, 0.15) is 23.6 Å². The van der Waals surface area contributed by atoms with Crippen molar-refractivity contribution in [1.82, 2.24) is 9.97 Å². The van der Waals surface area contributed by atoms with Crippen LogP contribution in [-0.2, 0) is 11.2 Å². The lowest BCUT2D eigenvalue weighted by Gasteiger charge is -2.23. The number of carbonyl (C=O) groups excluding carboxylic acids is 1. The van der Waals surface area contributed by atoms with Crippen LogP contribution < -0.4 is 14.8 Å². The summed E-state index contributed by atoms with van der Waals surface area (Å²) in [5, 5.41) is 3.70. The number of hydrogen-bond donors (Lipinski definition) is 1. The molecule has 0 spiro atoms. The predicted octanol–water partition coefficient (Wildman–Crippen LogP) is 6.28. The number of carbonyl (C=O) groups is 1. The van der Waals surface area contributed by atoms with E-state index in [1.165, 1.54) is 11.8 Å². The van der Waals surface area contributed by atoms with E-state index in [4.69, 9.17) is 19.4 Å². The molecule has 6 nitrogen and oxygen atoms in total. The van der Waals surface area contributed by atoms with E-state index in [1.54, 1.807) is 0 Å². The van der Waals surface area contributed by atoms with E-state index in [1.807, 2.05) is 86.6 Å². The molecule has 0 radical (unpaired) electrons. The lowest BCUT2D eigenvalue weighted by Crippen LogP contribution is -2.15. The molecule has 1 aliphatic rings. The van der Waals surface area contributed by atoms with Crippen LogP contribution in [0.25, 0.3) is 11.4 Å². The standard InChI is InChI=1S/C28H25N3O3S/c1-3-33-23-14-8-12-20-16-22-27(34-25(20)23)30-26(19-10-5-4-6-11-19)31-28(22)35-17-24(32)29-21-13-7-9-18(2)15-21/h4-15H,3,16-17H2,1-2H3,(H,29,32). The van der Waals surface area contributed by atoms with Crippen molar-refractivity contribution in [2.45, 2.75) is 25.3 Å². The lowest BCUT2D eigenvalue weighted by molar-refractivity contribution is -0.113. The average Bonchev–Trinajstić information content (AvgIpc) is 2.87. The minimum atomic E-state index is -0.0926. The Balaban J connectivity index is 1.45. The summed E-state index contributed by atoms with van der Waals surface area (Å²) in [5.41, 5.74) is 4.64. The molecular weight excluding hydrogens is 458 g/mol. The molecule has 3 aromatic carbocycles. The van der Waals surface area contributed by atoms with Crippen molar-refractivity contribution in [3.8, 4) is 28.8 Å². The highest BCUT2D eigenvalue weighted by atomic mass is 32.2. The van der Waals surface area contributed by atoms with Gasteiger partial charge < -0.3 is 14.8 Å². The number of fused-ring (bicyclic) bond motifs is 2. The SMILES string of the molecule is CCOc1cccc2c1Oc1nc(-c3ccccc3)nc(SCC(=O)Nc3cccc(C)c3)c1C2. The maximum Gasteiger partial charge on any atom is 0.234 e. The minimum Gasteiger partial charge on any atom is -0.490 e. The molecule has 0 saturated heterocycles. The van der Waals surface area contributed by atoms with E-state index in [0.29, 0.717) is 36.2 Å². The van der Waals surface area contributed by atoms with Crippen molar-refractivity contribution in [1.29, 1.82) is 0 Å². The smallest absolute Gasteiger partial charge is 0.234 e. The molecule has 1 N–H and O–H groups in total. The largest absolute Gasteiger partial charge is 0.490 e. The third-order valence-corrected chi connectivity index (χ3v) is 6.55. The third kappa shape index (κ3) is 5.15. The van der Waals surface area contributed by atoms with Gasteiger partial charge >= 0.3 is 0 Å². The Hall–Kier alpha value is -3.84. The van der Waals surface area contributed by atoms with E-state index < -0.39 is 0 Å². The van der Waals surface area contributed by atoms with Crippen molar-refractivity contribution in [2.24, 2.45) is 0 Å². The van der Waals surface area contributed by atoms with Crippen LogP contribution in [0.15, 0.2) is 77.8 Å². The number of aromatic nitrogens is 2. The monoisotopic (exact) mass is 483 g/mol. The Morgan fingerprint density at radius 1 is 1.06 bits per heavy atom. The zero-order chi connectivity index (χ0) is 24.2. The fraction of sp³-hybridized carbons (Fsp3) is 0.179. The van der Waals surface area contributed by atoms with Gasteiger partial charge in [-0.15, -0.1) is 0 Å². The molecule has 5 rings (SSSR count). The summed E-state index contributed by atoms with van der Waals surface area (Å²) in [5.74, 6) is 2.57. The Bertz CT molecular complexity index is 1380. The Morgan fingerprint density at radius 2 is 1.89 bits per heavy atom. The van der Waals surface area contributed by atoms with Gasteiger partial charge in [0.25, 0.3) is 0 Å². The maximum atomic E-state index is 12.7. The molecule has 0 aliphatic carbocycles. The van der Waals surface area contributed by atoms with Crippen LogP contribution in [0.5, 0.6) is 17.4 Å². The molecule has 176 valence electrons. The van der Waals surface area contributed by atoms with E-state index in [2.05, 4.69) is 5.32 Å². The molecule has 1 aliphatic heterocycles. The van der Waals surface area contributed by atoms with Gasteiger partial charge in [-0.1, -0.05) is 66.4 Å². The lowest BCUT2D eigenvalue weighted by atomic mass is 10.0. The Kier molecular flexibility index (Phi) is 6.68. The van der Waals surface area contributed by atoms with E-state index in [-0.39, 0.29) is 11.7 Å². The number of aryl methyl sites for hydroxylation is 1. The number of thioether (sulfide) groups is 1. The second-order valence-corrected chi connectivity index (χ2v) is 9.13. The van der Waals surface area contributed by atoms with Gasteiger partial charge in [-0.05, 0) is 37.6 Å². The van der Waals surface area contributed by atoms with Crippen LogP contribution in [-0.4, -0.2) is 28.2 Å². The predicted molar refractivity (Wildman–Crippen MR) is 138 cm³/mol. The molecule has 0 fully saturated rings. The molecule has 0 saturated carbocycles. The zero-order valence-corrected chi connectivity index (χ0v) is 20.4. The summed E-state index contributed by atoms with van der Waals surface area (Å²) >= 11 is 1.39. The number of nitrogens with one attached hydrogen (secondary N) is 1. The molecular formula is C28H25N3O3S. The summed E-state index contributed by atoms with van der Waals surface area (Å²) in [7, 11) is 0. The van der Waals surface area contributed by atoms with Crippen LogP contribution >= 0.6 is 11.8 Å². The van der Waals surface area contributed by atoms with E-state index in [9.17, 15) is 4.79 Å². The number of ether oxygens (including phenoxy) is 2. The number of hydrogen-bond acceptors (Lipinski definition) is 6. The molecule has 1 amide bonds. The first-order valence-corrected chi connectivity index (χ1v) is 12.5. The second kappa shape index (κ2) is 10.2. The number of nitrogens with zero attached hydrogens (tertiary/aromatic N) is 2. The minimum absolute atomic E-state index is 0.0926. The normalized spacial score (nSPS) is 11.7. The molecule has 2 heterocycles. The Labute approximate surface area is 208 Å². The van der Waals surface area contributed by atoms with Crippen LogP contribution in [0, 0.1) is 6.92 Å². The zero-order valence-electron chi connectivity index (χ0n) is 19.6. The molecule has 35 heavy (non-hydrogen) atoms. The molecule has 0 bridgehead atoms. The summed E-state index contributed by atoms with van der Waals surface area (Å²) in [6.45, 7) is 4.49. The van der Waals surface area contributed by atoms with E-state index in [0.717, 1.165) is 33.0 Å². The van der Waals surface area contributed by atoms with Crippen LogP contribution in [0.4, 0.5) is 5.69 Å². The second-order valence-electron chi connectivity index (χ2n) is 8.16. The number of para-hydroxylation sites is 1. The summed E-state index contributed by atoms with van der Waals surface area (Å²) < 4.78 is 12.1. The molecule has 0 unspecified atom stereocenters. The van der Waals surface area contributed by atoms with E-state index >= 15 is 0 Å². The van der Waals surface area contributed by atoms with Gasteiger partial charge in [-0.3, -0.25) is 4.79 Å². The van der Waals surface area contributed by atoms with Gasteiger partial charge in [0, 0.05) is 23.2 Å². The van der Waals surface area contributed by atoms with Gasteiger partial charge in [-0.25, -0.2) is 4.98 Å². The highest BCUT2D eigenvalue weighted by molar-refractivity contribution is 8.00. The quantitative estimate of drug-likeness (QED) is 0.217. The summed E-state index contributed by atoms with van der Waals surface area (Å²) in [4.78, 5) is 22.3. The molecule has 7 heteroatoms. The fourth-order valence-corrected chi connectivity index (χ4v) is 4.77. The van der Waals surface area contributed by atoms with Crippen molar-refractivity contribution in [2.75, 3.05) is 17.7 Å². The average molecular weight is 484 g/mol. The number of rotatable bonds is 7. The first-order chi connectivity index (χ1) is 17.1. The third-order valence-electron chi connectivity index (χ3n) is 5.53. The van der Waals surface area contributed by atoms with Crippen LogP contribution in [0.2, 0.25) is 0 Å². The van der Waals surface area contributed by atoms with Crippen molar-refractivity contribution >= 4 is 23.4 Å². The topological polar surface area (TPSA) is 73.3 Å². The van der Waals surface area contributed by atoms with Gasteiger partial charge in [0.05, 0.1) is 17.9 Å². The van der Waals surface area contributed by atoms with Gasteiger partial charge in [0.15, 0.2) is 17.3 Å². The van der Waals surface area contributed by atoms with Crippen molar-refractivity contribution in [3.05, 3.63) is 89.5 Å². The number of anilines is 1. The van der Waals surface area contributed by atoms with Crippen molar-refractivity contribution < 1.29 is 14.3 Å². The Morgan fingerprint density at radius 3 is 2.69 bits per heavy atom. The molecule has 4 aromatic rings. The van der Waals surface area contributed by atoms with Gasteiger partial charge in [0.1, 0.15) is 5.03 Å². The van der Waals surface area contributed by atoms with Gasteiger partial charge in [-0.2, -0.15) is 4.98 Å². The maximum absolute atomic E-state index is 12.7. The first kappa shape index (κ1) is 22.9. The van der Waals surface area contributed by atoms with Gasteiger partial charge in [0.2, 0.25) is 11.8 Å². The fourth-order valence-electron chi connectivity index (χ4n) is 3.94. The first-order valence-electron chi connectivity index (χ1n) is 11.5. The van der Waals surface area contributed by atoms with Crippen molar-refractivity contribution in [3.63, 3.8) is 0 Å². The summed E-state index contributed by atoms with van der Waals surface area (Å²) in [6.07, 6.45) is 0.600. The number of benzene rings is 3. The summed E-state index contributed by atoms with van der Waals surface area (Å²) in [6, 6.07) is 23.4. The molecule has 0 atom stereocenters.